The van der Waals surface area contributed by atoms with Crippen LogP contribution in [0.2, 0.25) is 5.02 Å². The summed E-state index contributed by atoms with van der Waals surface area (Å²) in [6.45, 7) is 7.22. The van der Waals surface area contributed by atoms with Crippen molar-refractivity contribution in [2.75, 3.05) is 0 Å². The predicted octanol–water partition coefficient (Wildman–Crippen LogP) is 5.84. The molecule has 0 saturated heterocycles. The van der Waals surface area contributed by atoms with Gasteiger partial charge in [0.1, 0.15) is 0 Å². The highest BCUT2D eigenvalue weighted by molar-refractivity contribution is 6.33. The molecule has 0 atom stereocenters. The van der Waals surface area contributed by atoms with Gasteiger partial charge in [0, 0.05) is 24.2 Å². The van der Waals surface area contributed by atoms with Gasteiger partial charge in [-0.25, -0.2) is 0 Å². The average Bonchev–Trinajstić information content (AvgIpc) is 3.11. The van der Waals surface area contributed by atoms with Crippen molar-refractivity contribution in [3.8, 4) is 0 Å². The number of benzene rings is 1. The van der Waals surface area contributed by atoms with Crippen LogP contribution in [-0.4, -0.2) is 21.7 Å². The first-order valence-electron chi connectivity index (χ1n) is 10.1. The number of alkyl halides is 3. The lowest BCUT2D eigenvalue weighted by Crippen LogP contribution is -2.38. The quantitative estimate of drug-likeness (QED) is 0.647. The third kappa shape index (κ3) is 5.56. The summed E-state index contributed by atoms with van der Waals surface area (Å²) in [5.74, 6) is -0.0977. The van der Waals surface area contributed by atoms with Gasteiger partial charge in [-0.3, -0.25) is 9.48 Å². The summed E-state index contributed by atoms with van der Waals surface area (Å²) < 4.78 is 40.8. The molecule has 3 rings (SSSR count). The van der Waals surface area contributed by atoms with Crippen LogP contribution in [0.25, 0.3) is 0 Å². The number of nitrogens with zero attached hydrogens (tertiary/aromatic N) is 2. The van der Waals surface area contributed by atoms with E-state index in [4.69, 9.17) is 11.6 Å². The third-order valence-electron chi connectivity index (χ3n) is 5.57. The zero-order valence-corrected chi connectivity index (χ0v) is 18.1. The minimum atomic E-state index is -4.52. The molecule has 30 heavy (non-hydrogen) atoms. The molecule has 1 N–H and O–H groups in total. The Balaban J connectivity index is 1.55. The molecule has 0 bridgehead atoms. The largest absolute Gasteiger partial charge is 0.416 e. The number of halogens is 4. The minimum Gasteiger partial charge on any atom is -0.349 e. The topological polar surface area (TPSA) is 46.9 Å². The second kappa shape index (κ2) is 8.61. The van der Waals surface area contributed by atoms with E-state index in [1.165, 1.54) is 0 Å². The summed E-state index contributed by atoms with van der Waals surface area (Å²) in [5.41, 5.74) is 0.0496. The molecule has 1 fully saturated rings. The van der Waals surface area contributed by atoms with E-state index in [-0.39, 0.29) is 22.0 Å². The zero-order chi connectivity index (χ0) is 22.1. The summed E-state index contributed by atoms with van der Waals surface area (Å²) in [7, 11) is 0. The van der Waals surface area contributed by atoms with Crippen molar-refractivity contribution < 1.29 is 18.0 Å². The average molecular weight is 442 g/mol. The van der Waals surface area contributed by atoms with Crippen molar-refractivity contribution in [3.05, 3.63) is 52.3 Å². The van der Waals surface area contributed by atoms with Gasteiger partial charge in [-0.05, 0) is 55.9 Å². The molecule has 1 aromatic heterocycles. The summed E-state index contributed by atoms with van der Waals surface area (Å²) in [5, 5.41) is 7.53. The van der Waals surface area contributed by atoms with Crippen LogP contribution in [0.1, 0.15) is 68.1 Å². The smallest absolute Gasteiger partial charge is 0.349 e. The molecule has 1 aliphatic carbocycles. The van der Waals surface area contributed by atoms with E-state index < -0.39 is 17.6 Å². The Morgan fingerprint density at radius 3 is 2.40 bits per heavy atom. The van der Waals surface area contributed by atoms with Crippen LogP contribution in [0.4, 0.5) is 13.2 Å². The van der Waals surface area contributed by atoms with E-state index in [2.05, 4.69) is 31.2 Å². The van der Waals surface area contributed by atoms with Gasteiger partial charge in [0.05, 0.1) is 21.8 Å². The molecule has 0 spiro atoms. The molecule has 164 valence electrons. The van der Waals surface area contributed by atoms with E-state index in [1.54, 1.807) is 0 Å². The standard InChI is InChI=1S/C22H27ClF3N3O/c1-21(2,3)19-10-11-29(28-19)13-14-4-7-16(8-5-14)27-20(30)17-12-15(22(24,25)26)6-9-18(17)23/h6,9-12,14,16H,4-5,7-8,13H2,1-3H3,(H,27,30). The monoisotopic (exact) mass is 441 g/mol. The van der Waals surface area contributed by atoms with Crippen molar-refractivity contribution in [1.29, 1.82) is 0 Å². The van der Waals surface area contributed by atoms with E-state index in [9.17, 15) is 18.0 Å². The van der Waals surface area contributed by atoms with Crippen LogP contribution in [0, 0.1) is 5.92 Å². The van der Waals surface area contributed by atoms with Crippen LogP contribution in [0.5, 0.6) is 0 Å². The first kappa shape index (κ1) is 22.7. The van der Waals surface area contributed by atoms with Crippen molar-refractivity contribution in [1.82, 2.24) is 15.1 Å². The Morgan fingerprint density at radius 1 is 1.17 bits per heavy atom. The van der Waals surface area contributed by atoms with Crippen molar-refractivity contribution >= 4 is 17.5 Å². The van der Waals surface area contributed by atoms with E-state index in [0.29, 0.717) is 5.92 Å². The number of hydrogen-bond donors (Lipinski definition) is 1. The van der Waals surface area contributed by atoms with Crippen LogP contribution in [0.15, 0.2) is 30.5 Å². The number of amides is 1. The highest BCUT2D eigenvalue weighted by Gasteiger charge is 2.32. The highest BCUT2D eigenvalue weighted by Crippen LogP contribution is 2.32. The summed E-state index contributed by atoms with van der Waals surface area (Å²) >= 11 is 5.97. The highest BCUT2D eigenvalue weighted by atomic mass is 35.5. The van der Waals surface area contributed by atoms with Crippen LogP contribution in [0.3, 0.4) is 0 Å². The minimum absolute atomic E-state index is 0.0118. The Morgan fingerprint density at radius 2 is 1.83 bits per heavy atom. The number of rotatable bonds is 4. The van der Waals surface area contributed by atoms with Crippen molar-refractivity contribution in [3.63, 3.8) is 0 Å². The molecule has 1 amide bonds. The number of hydrogen-bond acceptors (Lipinski definition) is 2. The van der Waals surface area contributed by atoms with Crippen molar-refractivity contribution in [2.24, 2.45) is 5.92 Å². The van der Waals surface area contributed by atoms with Gasteiger partial charge in [0.25, 0.3) is 5.91 Å². The van der Waals surface area contributed by atoms with Gasteiger partial charge in [0.2, 0.25) is 0 Å². The van der Waals surface area contributed by atoms with Gasteiger partial charge >= 0.3 is 6.18 Å². The van der Waals surface area contributed by atoms with Crippen molar-refractivity contribution in [2.45, 2.75) is 70.6 Å². The van der Waals surface area contributed by atoms with Crippen LogP contribution >= 0.6 is 11.6 Å². The van der Waals surface area contributed by atoms with Gasteiger partial charge in [-0.2, -0.15) is 18.3 Å². The lowest BCUT2D eigenvalue weighted by molar-refractivity contribution is -0.137. The molecule has 0 radical (unpaired) electrons. The van der Waals surface area contributed by atoms with E-state index in [1.807, 2.05) is 16.9 Å². The molecule has 1 saturated carbocycles. The Bertz CT molecular complexity index is 894. The number of nitrogens with one attached hydrogen (secondary N) is 1. The maximum atomic E-state index is 12.9. The molecule has 1 heterocycles. The summed E-state index contributed by atoms with van der Waals surface area (Å²) in [4.78, 5) is 12.5. The van der Waals surface area contributed by atoms with Crippen LogP contribution in [-0.2, 0) is 18.1 Å². The lowest BCUT2D eigenvalue weighted by Gasteiger charge is -2.29. The number of carbonyl (C=O) groups is 1. The molecule has 8 heteroatoms. The fraction of sp³-hybridized carbons (Fsp3) is 0.545. The molecule has 4 nitrogen and oxygen atoms in total. The molecule has 1 aliphatic rings. The Labute approximate surface area is 179 Å². The van der Waals surface area contributed by atoms with Gasteiger partial charge in [-0.15, -0.1) is 0 Å². The zero-order valence-electron chi connectivity index (χ0n) is 17.4. The Hall–Kier alpha value is -2.02. The summed E-state index contributed by atoms with van der Waals surface area (Å²) in [6, 6.07) is 4.79. The molecule has 0 aliphatic heterocycles. The first-order chi connectivity index (χ1) is 13.9. The van der Waals surface area contributed by atoms with E-state index in [0.717, 1.165) is 56.1 Å². The maximum Gasteiger partial charge on any atom is 0.416 e. The second-order valence-electron chi connectivity index (χ2n) is 9.06. The second-order valence-corrected chi connectivity index (χ2v) is 9.46. The number of carbonyl (C=O) groups excluding carboxylic acids is 1. The third-order valence-corrected chi connectivity index (χ3v) is 5.90. The van der Waals surface area contributed by atoms with Crippen LogP contribution < -0.4 is 5.32 Å². The fourth-order valence-corrected chi connectivity index (χ4v) is 3.96. The molecular formula is C22H27ClF3N3O. The Kier molecular flexibility index (Phi) is 6.51. The number of aromatic nitrogens is 2. The lowest BCUT2D eigenvalue weighted by atomic mass is 9.86. The normalized spacial score (nSPS) is 20.2. The SMILES string of the molecule is CC(C)(C)c1ccn(CC2CCC(NC(=O)c3cc(C(F)(F)F)ccc3Cl)CC2)n1. The maximum absolute atomic E-state index is 12.9. The fourth-order valence-electron chi connectivity index (χ4n) is 3.76. The predicted molar refractivity (Wildman–Crippen MR) is 111 cm³/mol. The summed E-state index contributed by atoms with van der Waals surface area (Å²) in [6.07, 6.45) is 0.889. The van der Waals surface area contributed by atoms with Gasteiger partial charge in [-0.1, -0.05) is 32.4 Å². The molecule has 0 unspecified atom stereocenters. The van der Waals surface area contributed by atoms with Gasteiger partial charge < -0.3 is 5.32 Å². The molecule has 2 aromatic rings. The van der Waals surface area contributed by atoms with Gasteiger partial charge in [0.15, 0.2) is 0 Å². The molecular weight excluding hydrogens is 415 g/mol. The first-order valence-corrected chi connectivity index (χ1v) is 10.5. The van der Waals surface area contributed by atoms with E-state index >= 15 is 0 Å². The molecule has 1 aromatic carbocycles.